The van der Waals surface area contributed by atoms with Crippen LogP contribution in [-0.4, -0.2) is 6.21 Å². The van der Waals surface area contributed by atoms with Crippen molar-refractivity contribution >= 4 is 6.21 Å². The highest BCUT2D eigenvalue weighted by Crippen LogP contribution is 2.12. The third-order valence-electron chi connectivity index (χ3n) is 1.41. The molecule has 0 aliphatic heterocycles. The first-order valence-corrected chi connectivity index (χ1v) is 4.23. The Morgan fingerprint density at radius 3 is 1.93 bits per heavy atom. The zero-order valence-corrected chi connectivity index (χ0v) is 8.32. The Kier molecular flexibility index (Phi) is 6.70. The molecule has 0 amide bonds. The van der Waals surface area contributed by atoms with Crippen LogP contribution >= 0.6 is 0 Å². The molecule has 0 radical (unpaired) electrons. The topological polar surface area (TPSA) is 12.4 Å². The summed E-state index contributed by atoms with van der Waals surface area (Å²) < 4.78 is 0. The lowest BCUT2D eigenvalue weighted by molar-refractivity contribution is 1.36. The Morgan fingerprint density at radius 1 is 0.857 bits per heavy atom. The van der Waals surface area contributed by atoms with Gasteiger partial charge >= 0.3 is 0 Å². The molecule has 0 atom stereocenters. The third-order valence-corrected chi connectivity index (χ3v) is 1.41. The molecule has 72 valence electrons. The molecule has 0 aliphatic rings. The average Bonchev–Trinajstić information content (AvgIpc) is 2.21. The van der Waals surface area contributed by atoms with Crippen LogP contribution in [0.25, 0.3) is 0 Å². The second-order valence-electron chi connectivity index (χ2n) is 2.36. The van der Waals surface area contributed by atoms with Gasteiger partial charge in [0.2, 0.25) is 0 Å². The highest BCUT2D eigenvalue weighted by atomic mass is 14.7. The van der Waals surface area contributed by atoms with E-state index in [2.05, 4.69) is 31.3 Å². The molecule has 0 aromatic rings. The number of aliphatic imine (C=N–C) groups is 1. The van der Waals surface area contributed by atoms with Crippen LogP contribution in [0.4, 0.5) is 0 Å². The zero-order valence-electron chi connectivity index (χ0n) is 8.32. The summed E-state index contributed by atoms with van der Waals surface area (Å²) in [5, 5.41) is 0. The molecule has 0 aromatic heterocycles. The molecule has 0 rings (SSSR count). The summed E-state index contributed by atoms with van der Waals surface area (Å²) in [5.74, 6) is 0. The smallest absolute Gasteiger partial charge is 0.0701 e. The first kappa shape index (κ1) is 12.1. The molecule has 0 saturated carbocycles. The molecule has 1 nitrogen and oxygen atoms in total. The van der Waals surface area contributed by atoms with E-state index in [9.17, 15) is 0 Å². The van der Waals surface area contributed by atoms with Gasteiger partial charge in [0.25, 0.3) is 0 Å². The molecule has 1 heteroatoms. The van der Waals surface area contributed by atoms with Gasteiger partial charge in [-0.2, -0.15) is 0 Å². The van der Waals surface area contributed by atoms with E-state index in [0.29, 0.717) is 0 Å². The van der Waals surface area contributed by atoms with Gasteiger partial charge < -0.3 is 0 Å². The summed E-state index contributed by atoms with van der Waals surface area (Å²) >= 11 is 0. The Labute approximate surface area is 85.9 Å². The summed E-state index contributed by atoms with van der Waals surface area (Å²) in [4.78, 5) is 4.18. The van der Waals surface area contributed by atoms with E-state index >= 15 is 0 Å². The Balaban J connectivity index is 5.07. The van der Waals surface area contributed by atoms with Gasteiger partial charge in [0, 0.05) is 6.21 Å². The molecule has 0 bridgehead atoms. The predicted octanol–water partition coefficient (Wildman–Crippen LogP) is 3.61. The monoisotopic (exact) mass is 185 g/mol. The van der Waals surface area contributed by atoms with Gasteiger partial charge in [0.05, 0.1) is 5.70 Å². The van der Waals surface area contributed by atoms with Gasteiger partial charge in [0.1, 0.15) is 0 Å². The van der Waals surface area contributed by atoms with Gasteiger partial charge in [-0.3, -0.25) is 4.99 Å². The second kappa shape index (κ2) is 7.74. The molecule has 0 aliphatic carbocycles. The average molecular weight is 185 g/mol. The SMILES string of the molecule is C=CC=NC(=C/C=C)/C(C=C)=C\C=C. The van der Waals surface area contributed by atoms with Crippen molar-refractivity contribution in [2.24, 2.45) is 4.99 Å². The van der Waals surface area contributed by atoms with Crippen LogP contribution in [0, 0.1) is 0 Å². The van der Waals surface area contributed by atoms with Crippen LogP contribution < -0.4 is 0 Å². The highest BCUT2D eigenvalue weighted by molar-refractivity contribution is 5.72. The Hall–Kier alpha value is -1.89. The number of rotatable bonds is 6. The van der Waals surface area contributed by atoms with Crippen molar-refractivity contribution in [2.45, 2.75) is 0 Å². The normalized spacial score (nSPS) is 12.6. The zero-order chi connectivity index (χ0) is 10.8. The quantitative estimate of drug-likeness (QED) is 0.443. The maximum absolute atomic E-state index is 4.18. The van der Waals surface area contributed by atoms with E-state index in [4.69, 9.17) is 0 Å². The Morgan fingerprint density at radius 2 is 1.50 bits per heavy atom. The largest absolute Gasteiger partial charge is 0.256 e. The molecule has 0 heterocycles. The minimum atomic E-state index is 0.787. The molecule has 0 fully saturated rings. The van der Waals surface area contributed by atoms with Crippen molar-refractivity contribution in [3.05, 3.63) is 74.0 Å². The van der Waals surface area contributed by atoms with E-state index in [0.717, 1.165) is 11.3 Å². The molecule has 0 spiro atoms. The number of allylic oxidation sites excluding steroid dienone is 6. The van der Waals surface area contributed by atoms with Crippen molar-refractivity contribution in [3.63, 3.8) is 0 Å². The number of hydrogen-bond donors (Lipinski definition) is 0. The number of nitrogens with zero attached hydrogens (tertiary/aromatic N) is 1. The maximum Gasteiger partial charge on any atom is 0.0701 e. The molecular weight excluding hydrogens is 170 g/mol. The van der Waals surface area contributed by atoms with Gasteiger partial charge in [-0.25, -0.2) is 0 Å². The lowest BCUT2D eigenvalue weighted by Crippen LogP contribution is -1.82. The molecule has 0 N–H and O–H groups in total. The van der Waals surface area contributed by atoms with Crippen LogP contribution in [0.2, 0.25) is 0 Å². The van der Waals surface area contributed by atoms with Crippen molar-refractivity contribution in [1.82, 2.24) is 0 Å². The summed E-state index contributed by atoms with van der Waals surface area (Å²) in [6.07, 6.45) is 12.0. The van der Waals surface area contributed by atoms with Gasteiger partial charge in [-0.05, 0) is 11.6 Å². The summed E-state index contributed by atoms with van der Waals surface area (Å²) in [6, 6.07) is 0. The fourth-order valence-corrected chi connectivity index (χ4v) is 0.843. The fourth-order valence-electron chi connectivity index (χ4n) is 0.843. The van der Waals surface area contributed by atoms with Crippen LogP contribution in [0.15, 0.2) is 79.0 Å². The minimum absolute atomic E-state index is 0.787. The van der Waals surface area contributed by atoms with Crippen molar-refractivity contribution in [2.75, 3.05) is 0 Å². The fraction of sp³-hybridized carbons (Fsp3) is 0. The predicted molar refractivity (Wildman–Crippen MR) is 65.4 cm³/mol. The van der Waals surface area contributed by atoms with Crippen LogP contribution in [0.5, 0.6) is 0 Å². The highest BCUT2D eigenvalue weighted by Gasteiger charge is 1.95. The van der Waals surface area contributed by atoms with Crippen LogP contribution in [0.1, 0.15) is 0 Å². The lowest BCUT2D eigenvalue weighted by atomic mass is 10.1. The molecule has 0 aromatic carbocycles. The standard InChI is InChI=1S/C13H15N/c1-5-9-12(8-4)13(10-6-2)14-11-7-3/h5-11H,1-4H2/b12-9-,13-10+,14-11?. The van der Waals surface area contributed by atoms with E-state index in [1.54, 1.807) is 36.6 Å². The lowest BCUT2D eigenvalue weighted by Gasteiger charge is -1.99. The van der Waals surface area contributed by atoms with Crippen molar-refractivity contribution in [1.29, 1.82) is 0 Å². The van der Waals surface area contributed by atoms with Crippen molar-refractivity contribution in [3.8, 4) is 0 Å². The molecular formula is C13H15N. The molecule has 0 unspecified atom stereocenters. The summed E-state index contributed by atoms with van der Waals surface area (Å²) in [6.45, 7) is 14.5. The van der Waals surface area contributed by atoms with Crippen LogP contribution in [-0.2, 0) is 0 Å². The molecule has 14 heavy (non-hydrogen) atoms. The van der Waals surface area contributed by atoms with Gasteiger partial charge in [-0.15, -0.1) is 0 Å². The minimum Gasteiger partial charge on any atom is -0.256 e. The van der Waals surface area contributed by atoms with Crippen molar-refractivity contribution < 1.29 is 0 Å². The Bertz CT molecular complexity index is 314. The summed E-state index contributed by atoms with van der Waals surface area (Å²) in [7, 11) is 0. The van der Waals surface area contributed by atoms with Gasteiger partial charge in [0.15, 0.2) is 0 Å². The van der Waals surface area contributed by atoms with E-state index in [-0.39, 0.29) is 0 Å². The second-order valence-corrected chi connectivity index (χ2v) is 2.36. The van der Waals surface area contributed by atoms with E-state index in [1.165, 1.54) is 0 Å². The van der Waals surface area contributed by atoms with E-state index < -0.39 is 0 Å². The maximum atomic E-state index is 4.18. The molecule has 0 saturated heterocycles. The third kappa shape index (κ3) is 4.21. The van der Waals surface area contributed by atoms with E-state index in [1.807, 2.05) is 6.08 Å². The number of hydrogen-bond acceptors (Lipinski definition) is 1. The van der Waals surface area contributed by atoms with Gasteiger partial charge in [-0.1, -0.05) is 56.7 Å². The van der Waals surface area contributed by atoms with Crippen LogP contribution in [0.3, 0.4) is 0 Å². The summed E-state index contributed by atoms with van der Waals surface area (Å²) in [5.41, 5.74) is 1.69. The first-order valence-electron chi connectivity index (χ1n) is 4.23. The first-order chi connectivity index (χ1) is 6.79.